The van der Waals surface area contributed by atoms with E-state index in [0.29, 0.717) is 18.2 Å². The summed E-state index contributed by atoms with van der Waals surface area (Å²) in [6.07, 6.45) is 0.758. The minimum absolute atomic E-state index is 0.0946. The number of imidazole rings is 1. The van der Waals surface area contributed by atoms with Gasteiger partial charge in [0.2, 0.25) is 0 Å². The molecule has 0 radical (unpaired) electrons. The van der Waals surface area contributed by atoms with E-state index in [0.717, 1.165) is 47.8 Å². The molecule has 3 aromatic rings. The highest BCUT2D eigenvalue weighted by Gasteiger charge is 2.30. The molecule has 0 saturated heterocycles. The maximum absolute atomic E-state index is 13.1. The van der Waals surface area contributed by atoms with E-state index in [4.69, 9.17) is 4.98 Å². The third kappa shape index (κ3) is 4.03. The fourth-order valence-electron chi connectivity index (χ4n) is 3.57. The predicted octanol–water partition coefficient (Wildman–Crippen LogP) is 3.95. The van der Waals surface area contributed by atoms with E-state index in [1.54, 1.807) is 20.3 Å². The predicted molar refractivity (Wildman–Crippen MR) is 109 cm³/mol. The summed E-state index contributed by atoms with van der Waals surface area (Å²) in [4.78, 5) is 16.9. The molecular formula is C21H24F2N4O2. The van der Waals surface area contributed by atoms with Gasteiger partial charge in [-0.3, -0.25) is 4.79 Å². The molecule has 1 N–H and O–H groups in total. The van der Waals surface area contributed by atoms with Crippen molar-refractivity contribution in [2.45, 2.75) is 38.3 Å². The van der Waals surface area contributed by atoms with E-state index < -0.39 is 6.11 Å². The Morgan fingerprint density at radius 2 is 2.03 bits per heavy atom. The van der Waals surface area contributed by atoms with Crippen molar-refractivity contribution in [2.75, 3.05) is 19.0 Å². The number of aromatic nitrogens is 3. The van der Waals surface area contributed by atoms with Crippen molar-refractivity contribution in [3.8, 4) is 11.1 Å². The molecule has 0 atom stereocenters. The molecule has 29 heavy (non-hydrogen) atoms. The Hall–Kier alpha value is -2.74. The van der Waals surface area contributed by atoms with Gasteiger partial charge in [-0.15, -0.1) is 0 Å². The average molecular weight is 402 g/mol. The molecule has 0 bridgehead atoms. The van der Waals surface area contributed by atoms with Crippen molar-refractivity contribution in [1.82, 2.24) is 14.1 Å². The number of hydrogen-bond donors (Lipinski definition) is 1. The number of pyridine rings is 1. The van der Waals surface area contributed by atoms with Gasteiger partial charge < -0.3 is 19.2 Å². The second kappa shape index (κ2) is 7.26. The highest BCUT2D eigenvalue weighted by Crippen LogP contribution is 2.41. The first kappa shape index (κ1) is 19.6. The number of benzene rings is 1. The SMILES string of the molecule is CNc1cc(-c2ccc3nc(C4CC4)n(CCOC(C)(F)F)c3c2)cn(C)c1=O. The molecule has 4 rings (SSSR count). The number of halogens is 2. The molecular weight excluding hydrogens is 378 g/mol. The average Bonchev–Trinajstić information content (AvgIpc) is 3.45. The molecule has 2 heterocycles. The molecule has 6 nitrogen and oxygen atoms in total. The summed E-state index contributed by atoms with van der Waals surface area (Å²) in [5.41, 5.74) is 3.93. The van der Waals surface area contributed by atoms with Crippen molar-refractivity contribution in [3.63, 3.8) is 0 Å². The first-order chi connectivity index (χ1) is 13.8. The third-order valence-electron chi connectivity index (χ3n) is 5.18. The molecule has 8 heteroatoms. The topological polar surface area (TPSA) is 61.1 Å². The van der Waals surface area contributed by atoms with Crippen LogP contribution in [0.5, 0.6) is 0 Å². The van der Waals surface area contributed by atoms with Crippen LogP contribution in [0.15, 0.2) is 35.3 Å². The molecule has 1 aliphatic rings. The monoisotopic (exact) mass is 402 g/mol. The molecule has 1 fully saturated rings. The van der Waals surface area contributed by atoms with Gasteiger partial charge in [-0.2, -0.15) is 8.78 Å². The van der Waals surface area contributed by atoms with Gasteiger partial charge in [0.05, 0.1) is 17.6 Å². The summed E-state index contributed by atoms with van der Waals surface area (Å²) in [5, 5.41) is 2.93. The second-order valence-electron chi connectivity index (χ2n) is 7.56. The molecule has 154 valence electrons. The van der Waals surface area contributed by atoms with Crippen LogP contribution in [0.3, 0.4) is 0 Å². The molecule has 0 spiro atoms. The number of nitrogens with one attached hydrogen (secondary N) is 1. The molecule has 0 aliphatic heterocycles. The van der Waals surface area contributed by atoms with Crippen molar-refractivity contribution in [3.05, 3.63) is 46.6 Å². The van der Waals surface area contributed by atoms with Crippen molar-refractivity contribution in [1.29, 1.82) is 0 Å². The summed E-state index contributed by atoms with van der Waals surface area (Å²) in [7, 11) is 3.42. The molecule has 0 unspecified atom stereocenters. The molecule has 1 aromatic carbocycles. The van der Waals surface area contributed by atoms with E-state index in [1.807, 2.05) is 28.8 Å². The van der Waals surface area contributed by atoms with Crippen LogP contribution < -0.4 is 10.9 Å². The number of hydrogen-bond acceptors (Lipinski definition) is 4. The van der Waals surface area contributed by atoms with E-state index in [2.05, 4.69) is 10.1 Å². The van der Waals surface area contributed by atoms with Crippen molar-refractivity contribution < 1.29 is 13.5 Å². The molecule has 1 aliphatic carbocycles. The van der Waals surface area contributed by atoms with Crippen LogP contribution in [0.1, 0.15) is 31.5 Å². The number of alkyl halides is 2. The Labute approximate surface area is 167 Å². The fourth-order valence-corrected chi connectivity index (χ4v) is 3.57. The number of ether oxygens (including phenoxy) is 1. The van der Waals surface area contributed by atoms with Crippen molar-refractivity contribution in [2.24, 2.45) is 7.05 Å². The Morgan fingerprint density at radius 1 is 1.28 bits per heavy atom. The minimum atomic E-state index is -3.15. The van der Waals surface area contributed by atoms with Gasteiger partial charge >= 0.3 is 6.11 Å². The van der Waals surface area contributed by atoms with E-state index in [-0.39, 0.29) is 12.2 Å². The van der Waals surface area contributed by atoms with Crippen LogP contribution in [0.25, 0.3) is 22.2 Å². The smallest absolute Gasteiger partial charge is 0.352 e. The zero-order valence-corrected chi connectivity index (χ0v) is 16.7. The zero-order valence-electron chi connectivity index (χ0n) is 16.7. The Balaban J connectivity index is 1.76. The summed E-state index contributed by atoms with van der Waals surface area (Å²) >= 11 is 0. The lowest BCUT2D eigenvalue weighted by atomic mass is 10.1. The van der Waals surface area contributed by atoms with Crippen LogP contribution in [0.2, 0.25) is 0 Å². The summed E-state index contributed by atoms with van der Waals surface area (Å²) < 4.78 is 34.3. The summed E-state index contributed by atoms with van der Waals surface area (Å²) in [6, 6.07) is 7.71. The minimum Gasteiger partial charge on any atom is -0.384 e. The van der Waals surface area contributed by atoms with Crippen LogP contribution in [0.4, 0.5) is 14.5 Å². The van der Waals surface area contributed by atoms with Crippen LogP contribution in [0, 0.1) is 0 Å². The van der Waals surface area contributed by atoms with Crippen LogP contribution in [-0.2, 0) is 18.3 Å². The molecule has 2 aromatic heterocycles. The highest BCUT2D eigenvalue weighted by molar-refractivity contribution is 5.83. The van der Waals surface area contributed by atoms with Gasteiger partial charge in [0, 0.05) is 45.2 Å². The first-order valence-corrected chi connectivity index (χ1v) is 9.67. The van der Waals surface area contributed by atoms with Gasteiger partial charge in [-0.25, -0.2) is 4.98 Å². The number of rotatable bonds is 7. The largest absolute Gasteiger partial charge is 0.384 e. The number of aryl methyl sites for hydroxylation is 1. The summed E-state index contributed by atoms with van der Waals surface area (Å²) in [6.45, 7) is 0.963. The van der Waals surface area contributed by atoms with E-state index >= 15 is 0 Å². The maximum Gasteiger partial charge on any atom is 0.352 e. The third-order valence-corrected chi connectivity index (χ3v) is 5.18. The van der Waals surface area contributed by atoms with Gasteiger partial charge in [-0.1, -0.05) is 6.07 Å². The first-order valence-electron chi connectivity index (χ1n) is 9.67. The van der Waals surface area contributed by atoms with E-state index in [9.17, 15) is 13.6 Å². The second-order valence-corrected chi connectivity index (χ2v) is 7.56. The maximum atomic E-state index is 13.1. The Kier molecular flexibility index (Phi) is 4.90. The Bertz CT molecular complexity index is 1110. The van der Waals surface area contributed by atoms with Crippen LogP contribution >= 0.6 is 0 Å². The van der Waals surface area contributed by atoms with Gasteiger partial charge in [0.1, 0.15) is 11.5 Å². The normalized spacial score (nSPS) is 14.5. The number of nitrogens with zero attached hydrogens (tertiary/aromatic N) is 3. The lowest BCUT2D eigenvalue weighted by Crippen LogP contribution is -2.19. The van der Waals surface area contributed by atoms with Gasteiger partial charge in [0.25, 0.3) is 5.56 Å². The quantitative estimate of drug-likeness (QED) is 0.650. The number of fused-ring (bicyclic) bond motifs is 1. The zero-order chi connectivity index (χ0) is 20.8. The fraction of sp³-hybridized carbons (Fsp3) is 0.429. The Morgan fingerprint density at radius 3 is 2.69 bits per heavy atom. The summed E-state index contributed by atoms with van der Waals surface area (Å²) in [5.74, 6) is 1.30. The van der Waals surface area contributed by atoms with E-state index in [1.165, 1.54) is 4.57 Å². The lowest BCUT2D eigenvalue weighted by Gasteiger charge is -2.14. The highest BCUT2D eigenvalue weighted by atomic mass is 19.3. The molecule has 0 amide bonds. The lowest BCUT2D eigenvalue weighted by molar-refractivity contribution is -0.225. The molecule has 1 saturated carbocycles. The van der Waals surface area contributed by atoms with Crippen LogP contribution in [-0.4, -0.2) is 33.9 Å². The standard InChI is InChI=1S/C21H24F2N4O2/c1-21(22,23)29-9-8-27-18-11-14(6-7-16(18)25-19(27)13-4-5-13)15-10-17(24-2)20(28)26(3)12-15/h6-7,10-13,24H,4-5,8-9H2,1-3H3. The van der Waals surface area contributed by atoms with Crippen molar-refractivity contribution >= 4 is 16.7 Å². The van der Waals surface area contributed by atoms with Gasteiger partial charge in [-0.05, 0) is 36.6 Å². The number of anilines is 1. The van der Waals surface area contributed by atoms with Gasteiger partial charge in [0.15, 0.2) is 0 Å².